The number of carboxylic acid groups (broad SMARTS) is 1. The predicted octanol–water partition coefficient (Wildman–Crippen LogP) is 5.63. The summed E-state index contributed by atoms with van der Waals surface area (Å²) in [5.41, 5.74) is 5.37. The van der Waals surface area contributed by atoms with Crippen LogP contribution in [0.4, 0.5) is 16.3 Å². The maximum Gasteiger partial charge on any atom is 0.416 e. The van der Waals surface area contributed by atoms with Crippen LogP contribution in [0.25, 0.3) is 33.4 Å². The van der Waals surface area contributed by atoms with E-state index in [2.05, 4.69) is 20.4 Å². The Morgan fingerprint density at radius 1 is 1.11 bits per heavy atom. The molecule has 2 N–H and O–H groups in total. The van der Waals surface area contributed by atoms with Crippen molar-refractivity contribution in [1.29, 1.82) is 0 Å². The predicted molar refractivity (Wildman–Crippen MR) is 136 cm³/mol. The van der Waals surface area contributed by atoms with Crippen LogP contribution in [0.3, 0.4) is 0 Å². The van der Waals surface area contributed by atoms with Crippen LogP contribution in [-0.2, 0) is 20.5 Å². The summed E-state index contributed by atoms with van der Waals surface area (Å²) in [5.74, 6) is 1.40. The van der Waals surface area contributed by atoms with Crippen LogP contribution in [-0.4, -0.2) is 40.1 Å². The molecule has 178 valence electrons. The Morgan fingerprint density at radius 3 is 2.51 bits per heavy atom. The van der Waals surface area contributed by atoms with Crippen LogP contribution in [0, 0.1) is 6.92 Å². The van der Waals surface area contributed by atoms with Crippen LogP contribution in [0.2, 0.25) is 5.02 Å². The molecule has 0 aliphatic heterocycles. The number of nitrogens with zero attached hydrogens (tertiary/aromatic N) is 6. The van der Waals surface area contributed by atoms with Crippen LogP contribution >= 0.6 is 11.6 Å². The van der Waals surface area contributed by atoms with Crippen molar-refractivity contribution in [3.8, 4) is 22.5 Å². The Bertz CT molecular complexity index is 1600. The number of hydrogen-bond donors (Lipinski definition) is 2. The lowest BCUT2D eigenvalue weighted by Crippen LogP contribution is -2.09. The zero-order valence-corrected chi connectivity index (χ0v) is 20.5. The van der Waals surface area contributed by atoms with Gasteiger partial charge in [-0.3, -0.25) is 4.68 Å². The Labute approximate surface area is 206 Å². The monoisotopic (exact) mass is 489 g/mol. The number of nitrogens with one attached hydrogen (secondary N) is 1. The van der Waals surface area contributed by atoms with Gasteiger partial charge in [-0.05, 0) is 31.0 Å². The highest BCUT2D eigenvalue weighted by atomic mass is 35.5. The van der Waals surface area contributed by atoms with Crippen LogP contribution in [0.5, 0.6) is 0 Å². The van der Waals surface area contributed by atoms with Crippen LogP contribution < -0.4 is 5.32 Å². The van der Waals surface area contributed by atoms with Crippen molar-refractivity contribution >= 4 is 40.1 Å². The molecule has 0 saturated heterocycles. The Balaban J connectivity index is 1.57. The smallest absolute Gasteiger partial charge is 0.416 e. The molecule has 0 unspecified atom stereocenters. The molecular formula is C25H24ClN7O2. The van der Waals surface area contributed by atoms with Gasteiger partial charge in [0.2, 0.25) is 0 Å². The van der Waals surface area contributed by atoms with Crippen molar-refractivity contribution < 1.29 is 9.90 Å². The quantitative estimate of drug-likeness (QED) is 0.331. The van der Waals surface area contributed by atoms with E-state index < -0.39 is 6.09 Å². The number of aromatic nitrogens is 6. The average molecular weight is 490 g/mol. The van der Waals surface area contributed by atoms with Gasteiger partial charge in [0.15, 0.2) is 0 Å². The first-order chi connectivity index (χ1) is 16.8. The number of hydrogen-bond acceptors (Lipinski definition) is 5. The molecule has 5 rings (SSSR count). The Kier molecular flexibility index (Phi) is 5.56. The van der Waals surface area contributed by atoms with Gasteiger partial charge in [-0.2, -0.15) is 5.10 Å². The molecule has 0 aliphatic carbocycles. The van der Waals surface area contributed by atoms with E-state index in [1.807, 2.05) is 56.1 Å². The summed E-state index contributed by atoms with van der Waals surface area (Å²) in [6.45, 7) is 3.94. The second kappa shape index (κ2) is 8.59. The minimum Gasteiger partial charge on any atom is -0.464 e. The largest absolute Gasteiger partial charge is 0.464 e. The number of benzene rings is 1. The van der Waals surface area contributed by atoms with Gasteiger partial charge in [-0.15, -0.1) is 0 Å². The first kappa shape index (κ1) is 22.7. The minimum absolute atomic E-state index is 0.490. The summed E-state index contributed by atoms with van der Waals surface area (Å²) in [5, 5.41) is 18.8. The molecule has 0 radical (unpaired) electrons. The molecule has 4 aromatic heterocycles. The molecule has 0 bridgehead atoms. The molecule has 0 fully saturated rings. The molecule has 4 heterocycles. The van der Waals surface area contributed by atoms with Gasteiger partial charge in [0.25, 0.3) is 0 Å². The molecule has 35 heavy (non-hydrogen) atoms. The third kappa shape index (κ3) is 3.83. The summed E-state index contributed by atoms with van der Waals surface area (Å²) in [6.07, 6.45) is 6.58. The van der Waals surface area contributed by atoms with E-state index in [4.69, 9.17) is 11.6 Å². The van der Waals surface area contributed by atoms with Gasteiger partial charge in [0, 0.05) is 49.1 Å². The number of aryl methyl sites for hydroxylation is 3. The number of fused-ring (bicyclic) bond motifs is 1. The van der Waals surface area contributed by atoms with Gasteiger partial charge in [-0.25, -0.2) is 19.3 Å². The lowest BCUT2D eigenvalue weighted by atomic mass is 10.1. The first-order valence-electron chi connectivity index (χ1n) is 11.1. The van der Waals surface area contributed by atoms with Crippen molar-refractivity contribution in [1.82, 2.24) is 28.9 Å². The highest BCUT2D eigenvalue weighted by Gasteiger charge is 2.23. The molecule has 0 saturated carbocycles. The van der Waals surface area contributed by atoms with Crippen LogP contribution in [0.1, 0.15) is 18.3 Å². The molecule has 9 nitrogen and oxygen atoms in total. The van der Waals surface area contributed by atoms with Gasteiger partial charge in [0.1, 0.15) is 11.6 Å². The fraction of sp³-hybridized carbons (Fsp3) is 0.200. The summed E-state index contributed by atoms with van der Waals surface area (Å²) < 4.78 is 4.95. The molecule has 10 heteroatoms. The van der Waals surface area contributed by atoms with Crippen LogP contribution in [0.15, 0.2) is 49.1 Å². The number of imidazole rings is 1. The van der Waals surface area contributed by atoms with Crippen molar-refractivity contribution in [3.63, 3.8) is 0 Å². The molecule has 0 atom stereocenters. The summed E-state index contributed by atoms with van der Waals surface area (Å²) in [6, 6.07) is 7.44. The number of anilines is 2. The molecule has 0 amide bonds. The fourth-order valence-corrected chi connectivity index (χ4v) is 4.63. The molecule has 0 spiro atoms. The van der Waals surface area contributed by atoms with E-state index in [0.29, 0.717) is 34.2 Å². The fourth-order valence-electron chi connectivity index (χ4n) is 4.40. The summed E-state index contributed by atoms with van der Waals surface area (Å²) in [7, 11) is 3.76. The Morgan fingerprint density at radius 2 is 1.91 bits per heavy atom. The van der Waals surface area contributed by atoms with Gasteiger partial charge < -0.3 is 15.0 Å². The van der Waals surface area contributed by atoms with Crippen molar-refractivity contribution in [2.75, 3.05) is 5.32 Å². The van der Waals surface area contributed by atoms with E-state index in [-0.39, 0.29) is 0 Å². The van der Waals surface area contributed by atoms with Crippen molar-refractivity contribution in [3.05, 3.63) is 65.5 Å². The number of pyridine rings is 1. The van der Waals surface area contributed by atoms with E-state index >= 15 is 0 Å². The number of carbonyl (C=O) groups is 1. The summed E-state index contributed by atoms with van der Waals surface area (Å²) in [4.78, 5) is 21.2. The third-order valence-electron chi connectivity index (χ3n) is 6.23. The molecule has 0 aliphatic rings. The van der Waals surface area contributed by atoms with E-state index in [9.17, 15) is 9.90 Å². The lowest BCUT2D eigenvalue weighted by molar-refractivity contribution is 0.198. The number of rotatable bonds is 5. The normalized spacial score (nSPS) is 11.3. The Hall–Kier alpha value is -4.11. The van der Waals surface area contributed by atoms with Gasteiger partial charge >= 0.3 is 6.09 Å². The second-order valence-corrected chi connectivity index (χ2v) is 8.76. The minimum atomic E-state index is -1.07. The van der Waals surface area contributed by atoms with E-state index in [0.717, 1.165) is 33.6 Å². The van der Waals surface area contributed by atoms with Crippen molar-refractivity contribution in [2.24, 2.45) is 14.1 Å². The van der Waals surface area contributed by atoms with Gasteiger partial charge in [0.05, 0.1) is 40.0 Å². The second-order valence-electron chi connectivity index (χ2n) is 8.36. The van der Waals surface area contributed by atoms with Gasteiger partial charge in [-0.1, -0.05) is 24.6 Å². The zero-order valence-electron chi connectivity index (χ0n) is 19.7. The summed E-state index contributed by atoms with van der Waals surface area (Å²) >= 11 is 6.59. The topological polar surface area (TPSA) is 103 Å². The van der Waals surface area contributed by atoms with E-state index in [1.54, 1.807) is 30.2 Å². The highest BCUT2D eigenvalue weighted by molar-refractivity contribution is 6.33. The lowest BCUT2D eigenvalue weighted by Gasteiger charge is -2.11. The molecule has 1 aromatic carbocycles. The SMILES string of the molecule is CCc1c(-c2cnn(C)c2)n(C(=O)O)c2cc(Nc3ccc(-c4cnc(C)n4C)cc3Cl)ncc12. The maximum absolute atomic E-state index is 12.3. The standard InChI is InChI=1S/C25H24ClN7O2/c1-5-17-18-11-28-23(9-21(18)33(25(34)35)24(17)16-10-29-31(3)13-16)30-20-7-6-15(8-19(20)26)22-12-27-14(2)32(22)4/h6-13H,5H2,1-4H3,(H,28,30)(H,34,35). The zero-order chi connectivity index (χ0) is 24.9. The first-order valence-corrected chi connectivity index (χ1v) is 11.5. The molecular weight excluding hydrogens is 466 g/mol. The van der Waals surface area contributed by atoms with Crippen molar-refractivity contribution in [2.45, 2.75) is 20.3 Å². The maximum atomic E-state index is 12.3. The third-order valence-corrected chi connectivity index (χ3v) is 6.54. The highest BCUT2D eigenvalue weighted by Crippen LogP contribution is 2.36. The molecule has 5 aromatic rings. The average Bonchev–Trinajstić information content (AvgIpc) is 3.50. The van der Waals surface area contributed by atoms with E-state index in [1.165, 1.54) is 4.57 Å². The number of halogens is 1.